The first-order valence-electron chi connectivity index (χ1n) is 12.0. The molecule has 0 aromatic heterocycles. The summed E-state index contributed by atoms with van der Waals surface area (Å²) in [7, 11) is 0. The fraction of sp³-hybridized carbons (Fsp3) is 0.100. The minimum absolute atomic E-state index is 0.0584. The number of hydroxylamine groups is 2. The second kappa shape index (κ2) is 9.59. The van der Waals surface area contributed by atoms with Gasteiger partial charge in [0.15, 0.2) is 0 Å². The van der Waals surface area contributed by atoms with Gasteiger partial charge in [-0.25, -0.2) is 4.79 Å². The van der Waals surface area contributed by atoms with E-state index >= 15 is 0 Å². The molecule has 2 aliphatic rings. The highest BCUT2D eigenvalue weighted by atomic mass is 16.5. The molecule has 0 saturated heterocycles. The van der Waals surface area contributed by atoms with Crippen LogP contribution in [0.2, 0.25) is 0 Å². The van der Waals surface area contributed by atoms with Gasteiger partial charge in [0.1, 0.15) is 29.9 Å². The molecule has 0 spiro atoms. The Kier molecular flexibility index (Phi) is 6.28. The van der Waals surface area contributed by atoms with Crippen LogP contribution in [0.1, 0.15) is 21.5 Å². The van der Waals surface area contributed by atoms with Gasteiger partial charge < -0.3 is 15.4 Å². The Hall–Kier alpha value is -4.79. The highest BCUT2D eigenvalue weighted by Gasteiger charge is 2.32. The third-order valence-electron chi connectivity index (χ3n) is 6.84. The Morgan fingerprint density at radius 3 is 2.55 bits per heavy atom. The van der Waals surface area contributed by atoms with E-state index in [1.54, 1.807) is 60.8 Å². The van der Waals surface area contributed by atoms with Gasteiger partial charge in [-0.15, -0.1) is 0 Å². The number of anilines is 1. The number of carboxylic acids is 1. The summed E-state index contributed by atoms with van der Waals surface area (Å²) in [6, 6.07) is 16.7. The molecule has 38 heavy (non-hydrogen) atoms. The largest absolute Gasteiger partial charge is 0.622 e. The molecular formula is C30H25N3O5. The number of ketones is 1. The van der Waals surface area contributed by atoms with E-state index in [-0.39, 0.29) is 35.0 Å². The number of hydrogen-bond donors (Lipinski definition) is 3. The van der Waals surface area contributed by atoms with E-state index in [9.17, 15) is 25.0 Å². The van der Waals surface area contributed by atoms with Crippen molar-refractivity contribution in [2.75, 3.05) is 12.0 Å². The molecule has 0 fully saturated rings. The lowest BCUT2D eigenvalue weighted by molar-refractivity contribution is -0.110. The second-order valence-corrected chi connectivity index (χ2v) is 9.33. The van der Waals surface area contributed by atoms with Gasteiger partial charge in [0.2, 0.25) is 5.78 Å². The Morgan fingerprint density at radius 2 is 1.79 bits per heavy atom. The minimum Gasteiger partial charge on any atom is -0.622 e. The van der Waals surface area contributed by atoms with Crippen molar-refractivity contribution in [2.24, 2.45) is 5.10 Å². The maximum atomic E-state index is 13.7. The van der Waals surface area contributed by atoms with Crippen LogP contribution in [0.25, 0.3) is 11.1 Å². The third kappa shape index (κ3) is 4.54. The molecule has 8 heteroatoms. The van der Waals surface area contributed by atoms with Crippen LogP contribution >= 0.6 is 0 Å². The fourth-order valence-electron chi connectivity index (χ4n) is 4.47. The molecule has 190 valence electrons. The van der Waals surface area contributed by atoms with Gasteiger partial charge in [-0.3, -0.25) is 14.9 Å². The average molecular weight is 508 g/mol. The van der Waals surface area contributed by atoms with E-state index in [0.29, 0.717) is 28.0 Å². The zero-order chi connectivity index (χ0) is 27.0. The Balaban J connectivity index is 1.39. The maximum absolute atomic E-state index is 13.7. The summed E-state index contributed by atoms with van der Waals surface area (Å²) in [4.78, 5) is 24.6. The van der Waals surface area contributed by atoms with E-state index < -0.39 is 10.6 Å². The lowest BCUT2D eigenvalue weighted by Crippen LogP contribution is -2.44. The van der Waals surface area contributed by atoms with Gasteiger partial charge in [-0.1, -0.05) is 36.4 Å². The molecule has 0 bridgehead atoms. The van der Waals surface area contributed by atoms with Crippen molar-refractivity contribution >= 4 is 28.8 Å². The topological polar surface area (TPSA) is 122 Å². The SMILES string of the molecule is Cc1ccc([N+]2([O-])C=CC3=C(C2)C(=O)C(=NNc2cccc(-c4cccc(C(=O)O)c4)c2O)C=C3)cc1C. The van der Waals surface area contributed by atoms with Gasteiger partial charge >= 0.3 is 5.97 Å². The summed E-state index contributed by atoms with van der Waals surface area (Å²) >= 11 is 0. The maximum Gasteiger partial charge on any atom is 0.335 e. The lowest BCUT2D eigenvalue weighted by Gasteiger charge is -2.41. The summed E-state index contributed by atoms with van der Waals surface area (Å²) < 4.78 is -0.779. The zero-order valence-corrected chi connectivity index (χ0v) is 20.8. The first-order valence-corrected chi connectivity index (χ1v) is 12.0. The van der Waals surface area contributed by atoms with Crippen molar-refractivity contribution in [2.45, 2.75) is 13.8 Å². The number of hydrogen-bond acceptors (Lipinski definition) is 6. The monoisotopic (exact) mass is 507 g/mol. The molecule has 1 unspecified atom stereocenters. The van der Waals surface area contributed by atoms with Crippen molar-refractivity contribution in [3.05, 3.63) is 118 Å². The summed E-state index contributed by atoms with van der Waals surface area (Å²) in [6.45, 7) is 3.87. The van der Waals surface area contributed by atoms with Gasteiger partial charge in [-0.05, 0) is 66.5 Å². The molecule has 3 aromatic carbocycles. The predicted octanol–water partition coefficient (Wildman–Crippen LogP) is 5.61. The molecule has 1 aliphatic carbocycles. The number of nitrogens with zero attached hydrogens (tertiary/aromatic N) is 2. The number of phenolic OH excluding ortho intramolecular Hbond substituents is 1. The molecule has 3 N–H and O–H groups in total. The van der Waals surface area contributed by atoms with Crippen LogP contribution in [-0.4, -0.2) is 34.2 Å². The predicted molar refractivity (Wildman–Crippen MR) is 148 cm³/mol. The van der Waals surface area contributed by atoms with Crippen LogP contribution < -0.4 is 10.1 Å². The number of aryl methyl sites for hydroxylation is 2. The lowest BCUT2D eigenvalue weighted by atomic mass is 9.92. The van der Waals surface area contributed by atoms with Crippen molar-refractivity contribution < 1.29 is 19.8 Å². The first-order chi connectivity index (χ1) is 18.2. The van der Waals surface area contributed by atoms with Crippen LogP contribution in [0.4, 0.5) is 11.4 Å². The van der Waals surface area contributed by atoms with E-state index in [1.165, 1.54) is 12.1 Å². The highest BCUT2D eigenvalue weighted by molar-refractivity contribution is 6.51. The molecule has 0 amide bonds. The smallest absolute Gasteiger partial charge is 0.335 e. The summed E-state index contributed by atoms with van der Waals surface area (Å²) in [6.07, 6.45) is 6.52. The number of carboxylic acid groups (broad SMARTS) is 1. The molecule has 1 atom stereocenters. The summed E-state index contributed by atoms with van der Waals surface area (Å²) in [5.74, 6) is -1.58. The van der Waals surface area contributed by atoms with E-state index in [2.05, 4.69) is 10.5 Å². The number of Topliss-reactive ketones (excluding diaryl/α,β-unsaturated/α-hetero) is 1. The molecule has 1 aliphatic heterocycles. The number of rotatable bonds is 5. The van der Waals surface area contributed by atoms with Crippen molar-refractivity contribution in [1.29, 1.82) is 0 Å². The number of carbonyl (C=O) groups is 2. The van der Waals surface area contributed by atoms with Gasteiger partial charge in [-0.2, -0.15) is 5.10 Å². The number of benzene rings is 3. The highest BCUT2D eigenvalue weighted by Crippen LogP contribution is 2.36. The van der Waals surface area contributed by atoms with Gasteiger partial charge in [0.25, 0.3) is 0 Å². The average Bonchev–Trinajstić information content (AvgIpc) is 2.91. The van der Waals surface area contributed by atoms with Crippen molar-refractivity contribution in [1.82, 2.24) is 4.65 Å². The zero-order valence-electron chi connectivity index (χ0n) is 20.8. The summed E-state index contributed by atoms with van der Waals surface area (Å²) in [5.41, 5.74) is 7.78. The van der Waals surface area contributed by atoms with Crippen LogP contribution in [0.5, 0.6) is 5.75 Å². The Labute approximate surface area is 219 Å². The minimum atomic E-state index is -1.07. The van der Waals surface area contributed by atoms with Crippen LogP contribution in [-0.2, 0) is 4.79 Å². The molecular weight excluding hydrogens is 482 g/mol. The number of aromatic carboxylic acids is 1. The molecule has 0 saturated carbocycles. The molecule has 1 heterocycles. The quantitative estimate of drug-likeness (QED) is 0.136. The molecule has 8 nitrogen and oxygen atoms in total. The second-order valence-electron chi connectivity index (χ2n) is 9.33. The van der Waals surface area contributed by atoms with Crippen molar-refractivity contribution in [3.63, 3.8) is 0 Å². The number of quaternary nitrogens is 1. The fourth-order valence-corrected chi connectivity index (χ4v) is 4.47. The Bertz CT molecular complexity index is 1620. The number of aromatic hydroxyl groups is 1. The van der Waals surface area contributed by atoms with Crippen molar-refractivity contribution in [3.8, 4) is 16.9 Å². The number of phenols is 1. The van der Waals surface area contributed by atoms with E-state index in [1.807, 2.05) is 26.0 Å². The standard InChI is InChI=1S/C30H25N3O5/c1-18-9-11-23(15-19(18)2)33(38)14-13-20-10-12-27(29(35)25(20)17-33)32-31-26-8-4-7-24(28(26)34)21-5-3-6-22(16-21)30(36)37/h3-16,31,34H,17H2,1-2H3,(H,36,37). The van der Waals surface area contributed by atoms with Crippen LogP contribution in [0, 0.1) is 19.1 Å². The number of nitrogens with one attached hydrogen (secondary N) is 1. The van der Waals surface area contributed by atoms with Gasteiger partial charge in [0, 0.05) is 17.7 Å². The molecule has 5 rings (SSSR count). The number of carbonyl (C=O) groups excluding carboxylic acids is 1. The summed E-state index contributed by atoms with van der Waals surface area (Å²) in [5, 5.41) is 38.0. The number of allylic oxidation sites excluding steroid dienone is 4. The van der Waals surface area contributed by atoms with Crippen LogP contribution in [0.15, 0.2) is 101 Å². The third-order valence-corrected chi connectivity index (χ3v) is 6.84. The van der Waals surface area contributed by atoms with E-state index in [4.69, 9.17) is 0 Å². The first kappa shape index (κ1) is 24.9. The van der Waals surface area contributed by atoms with Crippen LogP contribution in [0.3, 0.4) is 0 Å². The normalized spacial score (nSPS) is 19.6. The Morgan fingerprint density at radius 1 is 1.00 bits per heavy atom. The number of hydrazone groups is 1. The molecule has 3 aromatic rings. The van der Waals surface area contributed by atoms with Gasteiger partial charge in [0.05, 0.1) is 16.8 Å². The van der Waals surface area contributed by atoms with E-state index in [0.717, 1.165) is 11.1 Å². The number of para-hydroxylation sites is 1. The molecule has 0 radical (unpaired) electrons.